The fraction of sp³-hybridized carbons (Fsp3) is 0.200. The Bertz CT molecular complexity index is 652. The molecule has 0 saturated heterocycles. The molecule has 0 radical (unpaired) electrons. The summed E-state index contributed by atoms with van der Waals surface area (Å²) in [6.07, 6.45) is 0. The molecule has 104 valence electrons. The minimum Gasteiger partial charge on any atom is -0.457 e. The molecule has 0 aliphatic rings. The van der Waals surface area contributed by atoms with Gasteiger partial charge in [-0.3, -0.25) is 10.1 Å². The lowest BCUT2D eigenvalue weighted by Crippen LogP contribution is -1.97. The fourth-order valence-corrected chi connectivity index (χ4v) is 1.93. The monoisotopic (exact) mass is 273 g/mol. The van der Waals surface area contributed by atoms with Crippen molar-refractivity contribution in [2.24, 2.45) is 0 Å². The number of rotatable bonds is 4. The van der Waals surface area contributed by atoms with Gasteiger partial charge in [-0.25, -0.2) is 0 Å². The van der Waals surface area contributed by atoms with Gasteiger partial charge in [0.05, 0.1) is 11.5 Å². The summed E-state index contributed by atoms with van der Waals surface area (Å²) in [5, 5.41) is 20.1. The summed E-state index contributed by atoms with van der Waals surface area (Å²) < 4.78 is 5.76. The fourth-order valence-electron chi connectivity index (χ4n) is 1.93. The molecule has 0 spiro atoms. The van der Waals surface area contributed by atoms with Gasteiger partial charge >= 0.3 is 0 Å². The van der Waals surface area contributed by atoms with Crippen molar-refractivity contribution < 1.29 is 14.8 Å². The van der Waals surface area contributed by atoms with Crippen molar-refractivity contribution in [3.63, 3.8) is 0 Å². The average Bonchev–Trinajstić information content (AvgIpc) is 2.42. The Morgan fingerprint density at radius 3 is 2.50 bits per heavy atom. The highest BCUT2D eigenvalue weighted by Crippen LogP contribution is 2.32. The van der Waals surface area contributed by atoms with Gasteiger partial charge in [0, 0.05) is 17.2 Å². The van der Waals surface area contributed by atoms with Crippen LogP contribution in [0.2, 0.25) is 0 Å². The van der Waals surface area contributed by atoms with Crippen molar-refractivity contribution in [1.29, 1.82) is 0 Å². The number of aryl methyl sites for hydroxylation is 2. The second-order valence-corrected chi connectivity index (χ2v) is 4.53. The van der Waals surface area contributed by atoms with Crippen LogP contribution in [0.1, 0.15) is 16.7 Å². The second-order valence-electron chi connectivity index (χ2n) is 4.53. The standard InChI is InChI=1S/C15H15NO4/c1-10-8-15(11(2)7-13(10)16(18)19)20-14-6-4-3-5-12(14)9-17/h3-8,17H,9H2,1-2H3. The molecule has 0 bridgehead atoms. The first-order valence-electron chi connectivity index (χ1n) is 6.15. The maximum Gasteiger partial charge on any atom is 0.272 e. The SMILES string of the molecule is Cc1cc([N+](=O)[O-])c(C)cc1Oc1ccccc1CO. The molecule has 0 aromatic heterocycles. The molecule has 0 unspecified atom stereocenters. The molecular weight excluding hydrogens is 258 g/mol. The Labute approximate surface area is 116 Å². The van der Waals surface area contributed by atoms with Crippen LogP contribution in [0.3, 0.4) is 0 Å². The molecule has 0 aliphatic carbocycles. The third-order valence-electron chi connectivity index (χ3n) is 3.05. The molecule has 1 N–H and O–H groups in total. The maximum atomic E-state index is 10.9. The molecule has 20 heavy (non-hydrogen) atoms. The summed E-state index contributed by atoms with van der Waals surface area (Å²) in [5.74, 6) is 1.10. The van der Waals surface area contributed by atoms with Crippen LogP contribution in [0.15, 0.2) is 36.4 Å². The lowest BCUT2D eigenvalue weighted by atomic mass is 10.1. The van der Waals surface area contributed by atoms with Crippen LogP contribution in [0, 0.1) is 24.0 Å². The molecule has 0 fully saturated rings. The van der Waals surface area contributed by atoms with Gasteiger partial charge in [0.15, 0.2) is 0 Å². The zero-order valence-corrected chi connectivity index (χ0v) is 11.3. The molecule has 2 rings (SSSR count). The van der Waals surface area contributed by atoms with E-state index in [0.29, 0.717) is 28.2 Å². The highest BCUT2D eigenvalue weighted by Gasteiger charge is 2.15. The van der Waals surface area contributed by atoms with E-state index in [1.807, 2.05) is 12.1 Å². The Morgan fingerprint density at radius 2 is 1.85 bits per heavy atom. The summed E-state index contributed by atoms with van der Waals surface area (Å²) >= 11 is 0. The minimum atomic E-state index is -0.409. The number of nitro benzene ring substituents is 1. The zero-order chi connectivity index (χ0) is 14.7. The van der Waals surface area contributed by atoms with Gasteiger partial charge in [-0.2, -0.15) is 0 Å². The first kappa shape index (κ1) is 14.0. The van der Waals surface area contributed by atoms with E-state index in [4.69, 9.17) is 4.74 Å². The number of aliphatic hydroxyl groups excluding tert-OH is 1. The number of ether oxygens (including phenoxy) is 1. The van der Waals surface area contributed by atoms with E-state index >= 15 is 0 Å². The number of benzene rings is 2. The molecule has 0 aliphatic heterocycles. The number of aliphatic hydroxyl groups is 1. The molecule has 0 amide bonds. The lowest BCUT2D eigenvalue weighted by Gasteiger charge is -2.12. The summed E-state index contributed by atoms with van der Waals surface area (Å²) in [6, 6.07) is 10.3. The van der Waals surface area contributed by atoms with Gasteiger partial charge in [-0.05, 0) is 31.5 Å². The normalized spacial score (nSPS) is 10.3. The van der Waals surface area contributed by atoms with Crippen LogP contribution in [0.5, 0.6) is 11.5 Å². The van der Waals surface area contributed by atoms with Gasteiger partial charge in [-0.1, -0.05) is 18.2 Å². The van der Waals surface area contributed by atoms with E-state index in [0.717, 1.165) is 0 Å². The molecule has 0 saturated carbocycles. The molecule has 2 aromatic carbocycles. The Hall–Kier alpha value is -2.40. The Balaban J connectivity index is 2.39. The van der Waals surface area contributed by atoms with Crippen molar-refractivity contribution in [1.82, 2.24) is 0 Å². The van der Waals surface area contributed by atoms with Crippen molar-refractivity contribution >= 4 is 5.69 Å². The van der Waals surface area contributed by atoms with Crippen molar-refractivity contribution in [2.75, 3.05) is 0 Å². The van der Waals surface area contributed by atoms with Crippen LogP contribution < -0.4 is 4.74 Å². The number of nitro groups is 1. The minimum absolute atomic E-state index is 0.0743. The molecule has 2 aromatic rings. The molecule has 5 nitrogen and oxygen atoms in total. The molecular formula is C15H15NO4. The Morgan fingerprint density at radius 1 is 1.15 bits per heavy atom. The van der Waals surface area contributed by atoms with Crippen molar-refractivity contribution in [2.45, 2.75) is 20.5 Å². The Kier molecular flexibility index (Phi) is 4.00. The predicted octanol–water partition coefficient (Wildman–Crippen LogP) is 3.50. The summed E-state index contributed by atoms with van der Waals surface area (Å²) in [5.41, 5.74) is 1.96. The summed E-state index contributed by atoms with van der Waals surface area (Å²) in [4.78, 5) is 10.5. The number of hydrogen-bond acceptors (Lipinski definition) is 4. The van der Waals surface area contributed by atoms with Crippen LogP contribution in [0.4, 0.5) is 5.69 Å². The molecule has 0 heterocycles. The van der Waals surface area contributed by atoms with Gasteiger partial charge in [-0.15, -0.1) is 0 Å². The van der Waals surface area contributed by atoms with E-state index in [2.05, 4.69) is 0 Å². The van der Waals surface area contributed by atoms with E-state index in [9.17, 15) is 15.2 Å². The highest BCUT2D eigenvalue weighted by atomic mass is 16.6. The quantitative estimate of drug-likeness (QED) is 0.683. The number of hydrogen-bond donors (Lipinski definition) is 1. The van der Waals surface area contributed by atoms with Crippen LogP contribution in [-0.4, -0.2) is 10.0 Å². The van der Waals surface area contributed by atoms with Gasteiger partial charge in [0.1, 0.15) is 11.5 Å². The first-order chi connectivity index (χ1) is 9.52. The maximum absolute atomic E-state index is 10.9. The van der Waals surface area contributed by atoms with Gasteiger partial charge < -0.3 is 9.84 Å². The van der Waals surface area contributed by atoms with Gasteiger partial charge in [0.2, 0.25) is 0 Å². The average molecular weight is 273 g/mol. The van der Waals surface area contributed by atoms with Crippen LogP contribution >= 0.6 is 0 Å². The summed E-state index contributed by atoms with van der Waals surface area (Å²) in [6.45, 7) is 3.30. The third kappa shape index (κ3) is 2.78. The zero-order valence-electron chi connectivity index (χ0n) is 11.3. The van der Waals surface area contributed by atoms with Gasteiger partial charge in [0.25, 0.3) is 5.69 Å². The van der Waals surface area contributed by atoms with E-state index in [1.54, 1.807) is 32.0 Å². The predicted molar refractivity (Wildman–Crippen MR) is 75.0 cm³/mol. The first-order valence-corrected chi connectivity index (χ1v) is 6.15. The highest BCUT2D eigenvalue weighted by molar-refractivity contribution is 5.51. The molecule has 0 atom stereocenters. The van der Waals surface area contributed by atoms with E-state index in [1.165, 1.54) is 6.07 Å². The van der Waals surface area contributed by atoms with Crippen LogP contribution in [-0.2, 0) is 6.61 Å². The van der Waals surface area contributed by atoms with E-state index < -0.39 is 4.92 Å². The van der Waals surface area contributed by atoms with Crippen molar-refractivity contribution in [3.8, 4) is 11.5 Å². The third-order valence-corrected chi connectivity index (χ3v) is 3.05. The second kappa shape index (κ2) is 5.71. The number of nitrogens with zero attached hydrogens (tertiary/aromatic N) is 1. The topological polar surface area (TPSA) is 72.6 Å². The summed E-state index contributed by atoms with van der Waals surface area (Å²) in [7, 11) is 0. The lowest BCUT2D eigenvalue weighted by molar-refractivity contribution is -0.385. The van der Waals surface area contributed by atoms with E-state index in [-0.39, 0.29) is 12.3 Å². The smallest absolute Gasteiger partial charge is 0.272 e. The molecule has 5 heteroatoms. The van der Waals surface area contributed by atoms with Crippen LogP contribution in [0.25, 0.3) is 0 Å². The van der Waals surface area contributed by atoms with Crippen molar-refractivity contribution in [3.05, 3.63) is 63.2 Å². The largest absolute Gasteiger partial charge is 0.457 e. The number of para-hydroxylation sites is 1.